The summed E-state index contributed by atoms with van der Waals surface area (Å²) < 4.78 is 1.06. The fourth-order valence-corrected chi connectivity index (χ4v) is 2.52. The summed E-state index contributed by atoms with van der Waals surface area (Å²) in [6.45, 7) is 2.06. The third-order valence-corrected chi connectivity index (χ3v) is 3.90. The standard InChI is InChI=1S/C16H14BrN3/c1-10-13(18-2)7-8-14-16(10)19-9-15(20-14)11-3-5-12(17)6-4-11/h3-9,18H,1-2H3. The maximum absolute atomic E-state index is 4.71. The van der Waals surface area contributed by atoms with Crippen molar-refractivity contribution in [2.75, 3.05) is 12.4 Å². The number of hydrogen-bond donors (Lipinski definition) is 1. The molecule has 1 aromatic heterocycles. The number of aryl methyl sites for hydroxylation is 1. The minimum absolute atomic E-state index is 0.890. The highest BCUT2D eigenvalue weighted by molar-refractivity contribution is 9.10. The molecule has 0 aliphatic rings. The highest BCUT2D eigenvalue weighted by atomic mass is 79.9. The Labute approximate surface area is 126 Å². The molecule has 0 aliphatic heterocycles. The summed E-state index contributed by atoms with van der Waals surface area (Å²) in [6, 6.07) is 12.1. The van der Waals surface area contributed by atoms with Gasteiger partial charge in [-0.1, -0.05) is 28.1 Å². The lowest BCUT2D eigenvalue weighted by Gasteiger charge is -2.09. The van der Waals surface area contributed by atoms with Gasteiger partial charge in [-0.25, -0.2) is 4.98 Å². The second-order valence-corrected chi connectivity index (χ2v) is 5.53. The molecule has 4 heteroatoms. The number of halogens is 1. The van der Waals surface area contributed by atoms with E-state index in [1.165, 1.54) is 0 Å². The van der Waals surface area contributed by atoms with Gasteiger partial charge in [0, 0.05) is 22.8 Å². The monoisotopic (exact) mass is 327 g/mol. The molecule has 2 aromatic carbocycles. The number of nitrogens with zero attached hydrogens (tertiary/aromatic N) is 2. The van der Waals surface area contributed by atoms with E-state index < -0.39 is 0 Å². The third kappa shape index (κ3) is 2.27. The zero-order chi connectivity index (χ0) is 14.1. The molecule has 0 radical (unpaired) electrons. The Hall–Kier alpha value is -1.94. The lowest BCUT2D eigenvalue weighted by molar-refractivity contribution is 1.27. The van der Waals surface area contributed by atoms with Crippen molar-refractivity contribution in [1.29, 1.82) is 0 Å². The van der Waals surface area contributed by atoms with Crippen molar-refractivity contribution in [1.82, 2.24) is 9.97 Å². The maximum atomic E-state index is 4.71. The summed E-state index contributed by atoms with van der Waals surface area (Å²) >= 11 is 3.44. The number of fused-ring (bicyclic) bond motifs is 1. The number of anilines is 1. The molecule has 0 atom stereocenters. The molecule has 0 unspecified atom stereocenters. The van der Waals surface area contributed by atoms with Gasteiger partial charge in [-0.15, -0.1) is 0 Å². The molecule has 1 N–H and O–H groups in total. The molecule has 0 saturated carbocycles. The third-order valence-electron chi connectivity index (χ3n) is 3.38. The van der Waals surface area contributed by atoms with Gasteiger partial charge in [-0.05, 0) is 36.8 Å². The highest BCUT2D eigenvalue weighted by Crippen LogP contribution is 2.25. The summed E-state index contributed by atoms with van der Waals surface area (Å²) in [7, 11) is 1.91. The predicted molar refractivity (Wildman–Crippen MR) is 87.0 cm³/mol. The lowest BCUT2D eigenvalue weighted by Crippen LogP contribution is -1.96. The molecule has 0 fully saturated rings. The topological polar surface area (TPSA) is 37.8 Å². The Kier molecular flexibility index (Phi) is 3.40. The Morgan fingerprint density at radius 3 is 2.50 bits per heavy atom. The van der Waals surface area contributed by atoms with Crippen LogP contribution in [0, 0.1) is 6.92 Å². The Morgan fingerprint density at radius 1 is 1.05 bits per heavy atom. The smallest absolute Gasteiger partial charge is 0.0937 e. The average molecular weight is 328 g/mol. The van der Waals surface area contributed by atoms with Crippen LogP contribution >= 0.6 is 15.9 Å². The van der Waals surface area contributed by atoms with Gasteiger partial charge in [0.2, 0.25) is 0 Å². The van der Waals surface area contributed by atoms with Crippen molar-refractivity contribution in [3.05, 3.63) is 52.6 Å². The summed E-state index contributed by atoms with van der Waals surface area (Å²) in [5, 5.41) is 3.17. The minimum atomic E-state index is 0.890. The van der Waals surface area contributed by atoms with E-state index >= 15 is 0 Å². The fraction of sp³-hybridized carbons (Fsp3) is 0.125. The van der Waals surface area contributed by atoms with Gasteiger partial charge >= 0.3 is 0 Å². The molecule has 0 amide bonds. The van der Waals surface area contributed by atoms with E-state index in [1.807, 2.05) is 49.6 Å². The van der Waals surface area contributed by atoms with E-state index in [0.717, 1.165) is 38.0 Å². The first-order valence-electron chi connectivity index (χ1n) is 6.39. The van der Waals surface area contributed by atoms with Crippen LogP contribution in [-0.2, 0) is 0 Å². The lowest BCUT2D eigenvalue weighted by atomic mass is 10.1. The van der Waals surface area contributed by atoms with Crippen molar-refractivity contribution in [2.45, 2.75) is 6.92 Å². The number of nitrogens with one attached hydrogen (secondary N) is 1. The number of hydrogen-bond acceptors (Lipinski definition) is 3. The summed E-state index contributed by atoms with van der Waals surface area (Å²) in [5.41, 5.74) is 6.03. The van der Waals surface area contributed by atoms with E-state index in [2.05, 4.69) is 33.2 Å². The van der Waals surface area contributed by atoms with Crippen molar-refractivity contribution < 1.29 is 0 Å². The molecule has 20 heavy (non-hydrogen) atoms. The second-order valence-electron chi connectivity index (χ2n) is 4.62. The predicted octanol–water partition coefficient (Wildman–Crippen LogP) is 4.41. The molecule has 3 aromatic rings. The van der Waals surface area contributed by atoms with Gasteiger partial charge in [-0.3, -0.25) is 4.98 Å². The molecule has 0 spiro atoms. The molecular weight excluding hydrogens is 314 g/mol. The summed E-state index contributed by atoms with van der Waals surface area (Å²) in [4.78, 5) is 9.28. The van der Waals surface area contributed by atoms with Crippen LogP contribution in [0.3, 0.4) is 0 Å². The van der Waals surface area contributed by atoms with Crippen LogP contribution in [-0.4, -0.2) is 17.0 Å². The zero-order valence-corrected chi connectivity index (χ0v) is 12.9. The van der Waals surface area contributed by atoms with Gasteiger partial charge in [0.1, 0.15) is 0 Å². The van der Waals surface area contributed by atoms with Gasteiger partial charge in [0.25, 0.3) is 0 Å². The fourth-order valence-electron chi connectivity index (χ4n) is 2.25. The van der Waals surface area contributed by atoms with Crippen LogP contribution in [0.5, 0.6) is 0 Å². The molecule has 1 heterocycles. The van der Waals surface area contributed by atoms with Gasteiger partial charge < -0.3 is 5.32 Å². The van der Waals surface area contributed by atoms with Crippen molar-refractivity contribution in [3.8, 4) is 11.3 Å². The number of rotatable bonds is 2. The number of benzene rings is 2. The van der Waals surface area contributed by atoms with Crippen molar-refractivity contribution in [3.63, 3.8) is 0 Å². The first-order valence-corrected chi connectivity index (χ1v) is 7.18. The molecule has 3 rings (SSSR count). The molecule has 100 valence electrons. The summed E-state index contributed by atoms with van der Waals surface area (Å²) in [6.07, 6.45) is 1.83. The van der Waals surface area contributed by atoms with E-state index in [9.17, 15) is 0 Å². The first kappa shape index (κ1) is 13.1. The van der Waals surface area contributed by atoms with Crippen LogP contribution < -0.4 is 5.32 Å². The molecule has 0 bridgehead atoms. The quantitative estimate of drug-likeness (QED) is 0.757. The normalized spacial score (nSPS) is 10.8. The number of aromatic nitrogens is 2. The average Bonchev–Trinajstić information content (AvgIpc) is 2.48. The second kappa shape index (κ2) is 5.21. The zero-order valence-electron chi connectivity index (χ0n) is 11.3. The Morgan fingerprint density at radius 2 is 1.80 bits per heavy atom. The van der Waals surface area contributed by atoms with Crippen molar-refractivity contribution >= 4 is 32.7 Å². The molecule has 0 saturated heterocycles. The highest BCUT2D eigenvalue weighted by Gasteiger charge is 2.07. The maximum Gasteiger partial charge on any atom is 0.0937 e. The largest absolute Gasteiger partial charge is 0.388 e. The van der Waals surface area contributed by atoms with Crippen LogP contribution in [0.1, 0.15) is 5.56 Å². The van der Waals surface area contributed by atoms with Gasteiger partial charge in [0.15, 0.2) is 0 Å². The van der Waals surface area contributed by atoms with Gasteiger partial charge in [0.05, 0.1) is 22.9 Å². The molecular formula is C16H14BrN3. The van der Waals surface area contributed by atoms with E-state index in [-0.39, 0.29) is 0 Å². The van der Waals surface area contributed by atoms with Crippen LogP contribution in [0.4, 0.5) is 5.69 Å². The SMILES string of the molecule is CNc1ccc2nc(-c3ccc(Br)cc3)cnc2c1C. The van der Waals surface area contributed by atoms with E-state index in [0.29, 0.717) is 0 Å². The Balaban J connectivity index is 2.14. The van der Waals surface area contributed by atoms with Gasteiger partial charge in [-0.2, -0.15) is 0 Å². The summed E-state index contributed by atoms with van der Waals surface area (Å²) in [5.74, 6) is 0. The first-order chi connectivity index (χ1) is 9.69. The molecule has 3 nitrogen and oxygen atoms in total. The molecule has 0 aliphatic carbocycles. The van der Waals surface area contributed by atoms with E-state index in [1.54, 1.807) is 0 Å². The van der Waals surface area contributed by atoms with Crippen LogP contribution in [0.2, 0.25) is 0 Å². The minimum Gasteiger partial charge on any atom is -0.388 e. The van der Waals surface area contributed by atoms with E-state index in [4.69, 9.17) is 4.98 Å². The Bertz CT molecular complexity index is 767. The van der Waals surface area contributed by atoms with Crippen LogP contribution in [0.25, 0.3) is 22.3 Å². The van der Waals surface area contributed by atoms with Crippen molar-refractivity contribution in [2.24, 2.45) is 0 Å². The van der Waals surface area contributed by atoms with Crippen LogP contribution in [0.15, 0.2) is 47.1 Å².